The van der Waals surface area contributed by atoms with Gasteiger partial charge in [-0.05, 0) is 0 Å². The van der Waals surface area contributed by atoms with Crippen LogP contribution in [-0.2, 0) is 32.7 Å². The Labute approximate surface area is 113 Å². The molecule has 1 aliphatic rings. The van der Waals surface area contributed by atoms with Gasteiger partial charge in [0.25, 0.3) is 0 Å². The average molecular weight is 261 g/mol. The maximum absolute atomic E-state index is 3.30. The number of benzene rings is 1. The minimum atomic E-state index is 0. The molecule has 0 unspecified atom stereocenters. The summed E-state index contributed by atoms with van der Waals surface area (Å²) < 4.78 is 0. The Balaban J connectivity index is 0.000000227. The summed E-state index contributed by atoms with van der Waals surface area (Å²) in [5, 5.41) is 0. The third kappa shape index (κ3) is 7.47. The molecule has 0 heterocycles. The van der Waals surface area contributed by atoms with Gasteiger partial charge in [-0.1, -0.05) is 26.2 Å². The van der Waals surface area contributed by atoms with Crippen molar-refractivity contribution in [3.05, 3.63) is 48.0 Å². The molecule has 0 atom stereocenters. The van der Waals surface area contributed by atoms with E-state index >= 15 is 0 Å². The molecule has 0 saturated carbocycles. The smallest absolute Gasteiger partial charge is 0 e. The Morgan fingerprint density at radius 1 is 1.07 bits per heavy atom. The summed E-state index contributed by atoms with van der Waals surface area (Å²) in [5.41, 5.74) is 1.46. The van der Waals surface area contributed by atoms with Crippen LogP contribution in [0.1, 0.15) is 32.6 Å². The van der Waals surface area contributed by atoms with E-state index in [4.69, 9.17) is 0 Å². The number of allylic oxidation sites excluding steroid dienone is 2. The second-order valence-corrected chi connectivity index (χ2v) is 3.24. The fourth-order valence-electron chi connectivity index (χ4n) is 1.25. The van der Waals surface area contributed by atoms with Crippen LogP contribution in [0.5, 0.6) is 0 Å². The molecule has 0 saturated heterocycles. The van der Waals surface area contributed by atoms with E-state index in [9.17, 15) is 0 Å². The monoisotopic (exact) mass is 261 g/mol. The van der Waals surface area contributed by atoms with E-state index in [0.717, 1.165) is 0 Å². The Bertz CT molecular complexity index is 212. The van der Waals surface area contributed by atoms with Gasteiger partial charge in [-0.25, -0.2) is 0 Å². The molecule has 73 valence electrons. The van der Waals surface area contributed by atoms with Crippen LogP contribution in [0, 0.1) is 12.1 Å². The Morgan fingerprint density at radius 2 is 1.79 bits per heavy atom. The van der Waals surface area contributed by atoms with Gasteiger partial charge >= 0.3 is 0 Å². The van der Waals surface area contributed by atoms with Crippen LogP contribution in [-0.4, -0.2) is 0 Å². The van der Waals surface area contributed by atoms with E-state index in [-0.39, 0.29) is 32.7 Å². The van der Waals surface area contributed by atoms with Crippen LogP contribution in [0.4, 0.5) is 0 Å². The zero-order valence-electron chi connectivity index (χ0n) is 8.79. The van der Waals surface area contributed by atoms with Crippen LogP contribution < -0.4 is 0 Å². The van der Waals surface area contributed by atoms with E-state index in [1.807, 2.05) is 30.3 Å². The van der Waals surface area contributed by atoms with Crippen LogP contribution in [0.3, 0.4) is 0 Å². The summed E-state index contributed by atoms with van der Waals surface area (Å²) in [6, 6.07) is 12.5. The molecule has 14 heavy (non-hydrogen) atoms. The summed E-state index contributed by atoms with van der Waals surface area (Å²) in [7, 11) is 0. The third-order valence-corrected chi connectivity index (χ3v) is 2.01. The molecule has 1 aliphatic carbocycles. The van der Waals surface area contributed by atoms with Crippen LogP contribution >= 0.6 is 0 Å². The van der Waals surface area contributed by atoms with Gasteiger partial charge in [-0.15, -0.1) is 0 Å². The molecule has 1 radical (unpaired) electrons. The van der Waals surface area contributed by atoms with Crippen molar-refractivity contribution in [2.45, 2.75) is 32.6 Å². The van der Waals surface area contributed by atoms with Gasteiger partial charge in [-0.3, -0.25) is 5.57 Å². The van der Waals surface area contributed by atoms with Crippen molar-refractivity contribution in [2.75, 3.05) is 0 Å². The average Bonchev–Trinajstić information content (AvgIpc) is 2.22. The zero-order valence-corrected chi connectivity index (χ0v) is 11.6. The Morgan fingerprint density at radius 3 is 2.00 bits per heavy atom. The van der Waals surface area contributed by atoms with Crippen LogP contribution in [0.25, 0.3) is 0 Å². The van der Waals surface area contributed by atoms with Crippen molar-refractivity contribution in [1.29, 1.82) is 0 Å². The van der Waals surface area contributed by atoms with Gasteiger partial charge < -0.3 is 6.08 Å². The van der Waals surface area contributed by atoms with Gasteiger partial charge in [0.15, 0.2) is 0 Å². The zero-order chi connectivity index (χ0) is 9.36. The van der Waals surface area contributed by atoms with Gasteiger partial charge in [0.05, 0.1) is 0 Å². The second kappa shape index (κ2) is 9.61. The second-order valence-electron chi connectivity index (χ2n) is 3.24. The van der Waals surface area contributed by atoms with E-state index < -0.39 is 0 Å². The maximum atomic E-state index is 3.30. The molecular weight excluding hydrogens is 245 g/mol. The van der Waals surface area contributed by atoms with Gasteiger partial charge in [-0.2, -0.15) is 42.8 Å². The van der Waals surface area contributed by atoms with E-state index in [1.54, 1.807) is 0 Å². The summed E-state index contributed by atoms with van der Waals surface area (Å²) in [5.74, 6) is 0. The van der Waals surface area contributed by atoms with Gasteiger partial charge in [0, 0.05) is 32.7 Å². The Kier molecular flexibility index (Phi) is 9.66. The summed E-state index contributed by atoms with van der Waals surface area (Å²) >= 11 is 0. The topological polar surface area (TPSA) is 0 Å². The molecule has 0 spiro atoms. The molecule has 1 aromatic rings. The first-order valence-corrected chi connectivity index (χ1v) is 4.87. The molecule has 0 aromatic heterocycles. The van der Waals surface area contributed by atoms with Crippen molar-refractivity contribution in [3.8, 4) is 0 Å². The molecule has 0 amide bonds. The molecule has 0 nitrogen and oxygen atoms in total. The molecular formula is C13H16Y-2. The van der Waals surface area contributed by atoms with E-state index in [2.05, 4.69) is 19.1 Å². The number of hydrogen-bond donors (Lipinski definition) is 0. The third-order valence-electron chi connectivity index (χ3n) is 2.01. The normalized spacial score (nSPS) is 14.2. The maximum Gasteiger partial charge on any atom is 0 e. The molecule has 1 heteroatoms. The molecule has 1 aromatic carbocycles. The van der Waals surface area contributed by atoms with Gasteiger partial charge in [0.2, 0.25) is 0 Å². The minimum absolute atomic E-state index is 0. The predicted octanol–water partition coefficient (Wildman–Crippen LogP) is 3.79. The molecule has 0 bridgehead atoms. The SMILES string of the molecule is CC1=[C-]CCCC1.[Y].[c-]1ccccc1. The van der Waals surface area contributed by atoms with E-state index in [0.29, 0.717) is 0 Å². The Hall–Kier alpha value is 0.0639. The van der Waals surface area contributed by atoms with Crippen molar-refractivity contribution < 1.29 is 32.7 Å². The first-order chi connectivity index (χ1) is 6.39. The van der Waals surface area contributed by atoms with Crippen molar-refractivity contribution in [3.63, 3.8) is 0 Å². The fourth-order valence-corrected chi connectivity index (χ4v) is 1.25. The van der Waals surface area contributed by atoms with Gasteiger partial charge in [0.1, 0.15) is 0 Å². The first-order valence-electron chi connectivity index (χ1n) is 4.87. The molecule has 0 fully saturated rings. The van der Waals surface area contributed by atoms with Crippen molar-refractivity contribution in [1.82, 2.24) is 0 Å². The standard InChI is InChI=1S/C7H11.C6H5.Y/c1-7-5-3-2-4-6-7;1-2-4-6-5-3-1;/h2-5H2,1H3;1-5H;/q2*-1;. The predicted molar refractivity (Wildman–Crippen MR) is 56.2 cm³/mol. The van der Waals surface area contributed by atoms with Crippen LogP contribution in [0.2, 0.25) is 0 Å². The van der Waals surface area contributed by atoms with Crippen molar-refractivity contribution >= 4 is 0 Å². The fraction of sp³-hybridized carbons (Fsp3) is 0.385. The summed E-state index contributed by atoms with van der Waals surface area (Å²) in [6.45, 7) is 2.17. The number of rotatable bonds is 0. The molecule has 0 aliphatic heterocycles. The summed E-state index contributed by atoms with van der Waals surface area (Å²) in [4.78, 5) is 0. The minimum Gasteiger partial charge on any atom is -0.497 e. The molecule has 2 rings (SSSR count). The largest absolute Gasteiger partial charge is 0.497 e. The van der Waals surface area contributed by atoms with E-state index in [1.165, 1.54) is 31.3 Å². The first kappa shape index (κ1) is 14.1. The van der Waals surface area contributed by atoms with Crippen LogP contribution in [0.15, 0.2) is 35.9 Å². The quantitative estimate of drug-likeness (QED) is 0.623. The van der Waals surface area contributed by atoms with Crippen molar-refractivity contribution in [2.24, 2.45) is 0 Å². The number of hydrogen-bond acceptors (Lipinski definition) is 0. The summed E-state index contributed by atoms with van der Waals surface area (Å²) in [6.07, 6.45) is 8.54. The molecule has 0 N–H and O–H groups in total.